The number of carbonyl (C=O) groups is 2. The van der Waals surface area contributed by atoms with E-state index in [9.17, 15) is 9.59 Å². The van der Waals surface area contributed by atoms with Gasteiger partial charge in [0.15, 0.2) is 6.04 Å². The van der Waals surface area contributed by atoms with Crippen molar-refractivity contribution in [3.05, 3.63) is 23.9 Å². The number of rotatable bonds is 5. The van der Waals surface area contributed by atoms with E-state index in [1.165, 1.54) is 32.5 Å². The van der Waals surface area contributed by atoms with Gasteiger partial charge >= 0.3 is 5.97 Å². The monoisotopic (exact) mass is 254 g/mol. The molecule has 1 aromatic heterocycles. The molecule has 0 aliphatic carbocycles. The molecular weight excluding hydrogens is 240 g/mol. The Hall–Kier alpha value is -2.15. The van der Waals surface area contributed by atoms with Gasteiger partial charge < -0.3 is 19.9 Å². The summed E-state index contributed by atoms with van der Waals surface area (Å²) in [5.74, 6) is -0.875. The van der Waals surface area contributed by atoms with Crippen LogP contribution in [0.4, 0.5) is 0 Å². The van der Waals surface area contributed by atoms with Crippen LogP contribution in [0.3, 0.4) is 0 Å². The summed E-state index contributed by atoms with van der Waals surface area (Å²) in [7, 11) is 2.63. The number of pyridine rings is 1. The van der Waals surface area contributed by atoms with Crippen LogP contribution in [0.15, 0.2) is 18.3 Å². The van der Waals surface area contributed by atoms with E-state index in [1.807, 2.05) is 0 Å². The lowest BCUT2D eigenvalue weighted by molar-refractivity contribution is -0.143. The first-order chi connectivity index (χ1) is 8.62. The minimum absolute atomic E-state index is 0.248. The standard InChI is InChI=1S/C11H14N2O5/c1-17-9-4-3-7(5-12-9)10(15)13-8(6-14)11(16)18-2/h3-5,8,14H,6H2,1-2H3,(H,13,15). The van der Waals surface area contributed by atoms with E-state index in [0.717, 1.165) is 0 Å². The maximum Gasteiger partial charge on any atom is 0.330 e. The molecule has 0 spiro atoms. The van der Waals surface area contributed by atoms with Crippen LogP contribution in [0, 0.1) is 0 Å². The molecule has 7 nitrogen and oxygen atoms in total. The highest BCUT2D eigenvalue weighted by atomic mass is 16.5. The van der Waals surface area contributed by atoms with Gasteiger partial charge in [0, 0.05) is 12.3 Å². The third-order valence-corrected chi connectivity index (χ3v) is 2.18. The number of nitrogens with zero attached hydrogens (tertiary/aromatic N) is 1. The normalized spacial score (nSPS) is 11.5. The van der Waals surface area contributed by atoms with Crippen LogP contribution in [0.2, 0.25) is 0 Å². The molecule has 1 amide bonds. The highest BCUT2D eigenvalue weighted by Gasteiger charge is 2.21. The van der Waals surface area contributed by atoms with Crippen molar-refractivity contribution < 1.29 is 24.2 Å². The van der Waals surface area contributed by atoms with Gasteiger partial charge in [-0.25, -0.2) is 9.78 Å². The smallest absolute Gasteiger partial charge is 0.330 e. The van der Waals surface area contributed by atoms with Crippen LogP contribution < -0.4 is 10.1 Å². The highest BCUT2D eigenvalue weighted by molar-refractivity contribution is 5.96. The van der Waals surface area contributed by atoms with Crippen LogP contribution in [-0.2, 0) is 9.53 Å². The van der Waals surface area contributed by atoms with Crippen LogP contribution >= 0.6 is 0 Å². The largest absolute Gasteiger partial charge is 0.481 e. The van der Waals surface area contributed by atoms with Crippen molar-refractivity contribution in [1.82, 2.24) is 10.3 Å². The van der Waals surface area contributed by atoms with Gasteiger partial charge in [0.2, 0.25) is 5.88 Å². The number of ether oxygens (including phenoxy) is 2. The Morgan fingerprint density at radius 2 is 2.17 bits per heavy atom. The molecule has 1 aromatic rings. The van der Waals surface area contributed by atoms with Gasteiger partial charge in [-0.15, -0.1) is 0 Å². The number of hydrogen-bond donors (Lipinski definition) is 2. The number of esters is 1. The van der Waals surface area contributed by atoms with Crippen LogP contribution in [0.25, 0.3) is 0 Å². The summed E-state index contributed by atoms with van der Waals surface area (Å²) in [6, 6.07) is 1.91. The van der Waals surface area contributed by atoms with Gasteiger partial charge in [0.1, 0.15) is 0 Å². The highest BCUT2D eigenvalue weighted by Crippen LogP contribution is 2.06. The molecule has 1 unspecified atom stereocenters. The number of aliphatic hydroxyl groups is 1. The molecule has 0 saturated heterocycles. The molecule has 1 atom stereocenters. The van der Waals surface area contributed by atoms with Gasteiger partial charge in [-0.3, -0.25) is 4.79 Å². The Bertz CT molecular complexity index is 418. The fourth-order valence-electron chi connectivity index (χ4n) is 1.20. The third-order valence-electron chi connectivity index (χ3n) is 2.18. The quantitative estimate of drug-likeness (QED) is 0.678. The van der Waals surface area contributed by atoms with Crippen molar-refractivity contribution in [2.75, 3.05) is 20.8 Å². The van der Waals surface area contributed by atoms with Gasteiger partial charge in [0.25, 0.3) is 5.91 Å². The molecule has 18 heavy (non-hydrogen) atoms. The van der Waals surface area contributed by atoms with E-state index >= 15 is 0 Å². The number of aliphatic hydroxyl groups excluding tert-OH is 1. The number of methoxy groups -OCH3 is 2. The summed E-state index contributed by atoms with van der Waals surface area (Å²) in [6.45, 7) is -0.540. The second-order valence-corrected chi connectivity index (χ2v) is 3.32. The van der Waals surface area contributed by atoms with Gasteiger partial charge in [-0.2, -0.15) is 0 Å². The zero-order chi connectivity index (χ0) is 13.5. The first-order valence-electron chi connectivity index (χ1n) is 5.12. The number of carbonyl (C=O) groups excluding carboxylic acids is 2. The lowest BCUT2D eigenvalue weighted by Gasteiger charge is -2.13. The van der Waals surface area contributed by atoms with Gasteiger partial charge in [0.05, 0.1) is 26.4 Å². The second-order valence-electron chi connectivity index (χ2n) is 3.32. The van der Waals surface area contributed by atoms with Gasteiger partial charge in [-0.1, -0.05) is 0 Å². The average molecular weight is 254 g/mol. The topological polar surface area (TPSA) is 97.8 Å². The Morgan fingerprint density at radius 1 is 1.44 bits per heavy atom. The van der Waals surface area contributed by atoms with Crippen molar-refractivity contribution in [1.29, 1.82) is 0 Å². The van der Waals surface area contributed by atoms with Crippen molar-refractivity contribution in [3.8, 4) is 5.88 Å². The summed E-state index contributed by atoms with van der Waals surface area (Å²) in [6.07, 6.45) is 1.31. The molecule has 2 N–H and O–H groups in total. The first kappa shape index (κ1) is 13.9. The fraction of sp³-hybridized carbons (Fsp3) is 0.364. The molecule has 0 radical (unpaired) electrons. The number of nitrogens with one attached hydrogen (secondary N) is 1. The second kappa shape index (κ2) is 6.55. The Morgan fingerprint density at radius 3 is 2.61 bits per heavy atom. The van der Waals surface area contributed by atoms with Crippen molar-refractivity contribution in [2.45, 2.75) is 6.04 Å². The third kappa shape index (κ3) is 3.42. The van der Waals surface area contributed by atoms with E-state index in [-0.39, 0.29) is 5.56 Å². The lowest BCUT2D eigenvalue weighted by atomic mass is 10.2. The van der Waals surface area contributed by atoms with Crippen molar-refractivity contribution >= 4 is 11.9 Å². The maximum atomic E-state index is 11.7. The molecule has 0 aliphatic heterocycles. The molecule has 0 saturated carbocycles. The summed E-state index contributed by atoms with van der Waals surface area (Å²) in [5.41, 5.74) is 0.248. The van der Waals surface area contributed by atoms with E-state index in [2.05, 4.69) is 15.0 Å². The SMILES string of the molecule is COC(=O)C(CO)NC(=O)c1ccc(OC)nc1. The number of amides is 1. The predicted molar refractivity (Wildman–Crippen MR) is 61.1 cm³/mol. The molecule has 0 aromatic carbocycles. The summed E-state index contributed by atoms with van der Waals surface area (Å²) in [5, 5.41) is 11.3. The Labute approximate surface area is 104 Å². The van der Waals surface area contributed by atoms with E-state index in [0.29, 0.717) is 5.88 Å². The number of aromatic nitrogens is 1. The Kier molecular flexibility index (Phi) is 5.06. The molecule has 1 rings (SSSR count). The van der Waals surface area contributed by atoms with Crippen molar-refractivity contribution in [2.24, 2.45) is 0 Å². The minimum atomic E-state index is -1.09. The summed E-state index contributed by atoms with van der Waals surface area (Å²) in [4.78, 5) is 26.8. The van der Waals surface area contributed by atoms with Crippen molar-refractivity contribution in [3.63, 3.8) is 0 Å². The first-order valence-corrected chi connectivity index (χ1v) is 5.12. The molecule has 1 heterocycles. The van der Waals surface area contributed by atoms with Crippen LogP contribution in [0.1, 0.15) is 10.4 Å². The van der Waals surface area contributed by atoms with Gasteiger partial charge in [-0.05, 0) is 6.07 Å². The average Bonchev–Trinajstić information content (AvgIpc) is 2.43. The molecule has 98 valence electrons. The van der Waals surface area contributed by atoms with E-state index in [4.69, 9.17) is 9.84 Å². The molecule has 0 aliphatic rings. The Balaban J connectivity index is 2.71. The fourth-order valence-corrected chi connectivity index (χ4v) is 1.20. The molecule has 0 fully saturated rings. The van der Waals surface area contributed by atoms with E-state index < -0.39 is 24.5 Å². The lowest BCUT2D eigenvalue weighted by Crippen LogP contribution is -2.44. The maximum absolute atomic E-state index is 11.7. The zero-order valence-electron chi connectivity index (χ0n) is 10.0. The predicted octanol–water partition coefficient (Wildman–Crippen LogP) is -0.646. The molecule has 0 bridgehead atoms. The zero-order valence-corrected chi connectivity index (χ0v) is 10.0. The minimum Gasteiger partial charge on any atom is -0.481 e. The van der Waals surface area contributed by atoms with Crippen LogP contribution in [0.5, 0.6) is 5.88 Å². The van der Waals surface area contributed by atoms with E-state index in [1.54, 1.807) is 0 Å². The molecule has 7 heteroatoms. The summed E-state index contributed by atoms with van der Waals surface area (Å²) < 4.78 is 9.28. The number of hydrogen-bond acceptors (Lipinski definition) is 6. The summed E-state index contributed by atoms with van der Waals surface area (Å²) >= 11 is 0. The molecular formula is C11H14N2O5. The van der Waals surface area contributed by atoms with Crippen LogP contribution in [-0.4, -0.2) is 48.8 Å².